The summed E-state index contributed by atoms with van der Waals surface area (Å²) < 4.78 is 5.29. The molecule has 4 nitrogen and oxygen atoms in total. The number of hydrogen-bond donors (Lipinski definition) is 2. The van der Waals surface area contributed by atoms with Crippen molar-refractivity contribution in [2.45, 2.75) is 13.3 Å². The van der Waals surface area contributed by atoms with Gasteiger partial charge < -0.3 is 14.8 Å². The first kappa shape index (κ1) is 14.2. The summed E-state index contributed by atoms with van der Waals surface area (Å²) in [5.41, 5.74) is 4.96. The number of H-pyrrole nitrogens is 1. The molecular formula is C18H17NO3. The molecule has 3 rings (SSSR count). The summed E-state index contributed by atoms with van der Waals surface area (Å²) in [6, 6.07) is 12.1. The van der Waals surface area contributed by atoms with Crippen molar-refractivity contribution in [1.29, 1.82) is 0 Å². The fourth-order valence-electron chi connectivity index (χ4n) is 2.73. The van der Waals surface area contributed by atoms with Gasteiger partial charge in [-0.1, -0.05) is 12.1 Å². The van der Waals surface area contributed by atoms with Crippen LogP contribution in [0.1, 0.15) is 11.1 Å². The Bertz CT molecular complexity index is 849. The van der Waals surface area contributed by atoms with E-state index in [1.807, 2.05) is 37.3 Å². The zero-order valence-electron chi connectivity index (χ0n) is 12.5. The molecule has 0 spiro atoms. The number of aryl methyl sites for hydroxylation is 1. The number of fused-ring (bicyclic) bond motifs is 1. The van der Waals surface area contributed by atoms with Crippen molar-refractivity contribution >= 4 is 16.9 Å². The summed E-state index contributed by atoms with van der Waals surface area (Å²) in [4.78, 5) is 14.1. The summed E-state index contributed by atoms with van der Waals surface area (Å²) in [6.07, 6.45) is 1.78. The highest BCUT2D eigenvalue weighted by atomic mass is 16.5. The molecule has 0 amide bonds. The maximum Gasteiger partial charge on any atom is 0.307 e. The molecule has 0 aliphatic rings. The summed E-state index contributed by atoms with van der Waals surface area (Å²) in [6.45, 7) is 2.01. The Morgan fingerprint density at radius 2 is 1.91 bits per heavy atom. The van der Waals surface area contributed by atoms with Crippen LogP contribution in [0.4, 0.5) is 0 Å². The molecule has 0 atom stereocenters. The predicted molar refractivity (Wildman–Crippen MR) is 86.4 cm³/mol. The number of rotatable bonds is 4. The van der Waals surface area contributed by atoms with Crippen molar-refractivity contribution in [2.24, 2.45) is 0 Å². The Labute approximate surface area is 128 Å². The third-order valence-corrected chi connectivity index (χ3v) is 3.84. The van der Waals surface area contributed by atoms with Crippen LogP contribution in [0.25, 0.3) is 22.0 Å². The molecule has 4 heteroatoms. The molecule has 2 aromatic carbocycles. The van der Waals surface area contributed by atoms with Gasteiger partial charge in [0.25, 0.3) is 0 Å². The molecule has 0 aliphatic heterocycles. The summed E-state index contributed by atoms with van der Waals surface area (Å²) >= 11 is 0. The van der Waals surface area contributed by atoms with Crippen LogP contribution < -0.4 is 4.74 Å². The molecule has 22 heavy (non-hydrogen) atoms. The van der Waals surface area contributed by atoms with Gasteiger partial charge in [0.2, 0.25) is 0 Å². The van der Waals surface area contributed by atoms with Crippen molar-refractivity contribution in [2.75, 3.05) is 7.11 Å². The van der Waals surface area contributed by atoms with Crippen LogP contribution in [0.15, 0.2) is 42.6 Å². The van der Waals surface area contributed by atoms with Gasteiger partial charge in [0, 0.05) is 17.1 Å². The first-order valence-corrected chi connectivity index (χ1v) is 7.05. The van der Waals surface area contributed by atoms with E-state index in [2.05, 4.69) is 11.1 Å². The minimum absolute atomic E-state index is 0.0189. The van der Waals surface area contributed by atoms with Gasteiger partial charge in [0.1, 0.15) is 5.75 Å². The van der Waals surface area contributed by atoms with Crippen LogP contribution >= 0.6 is 0 Å². The Morgan fingerprint density at radius 3 is 2.59 bits per heavy atom. The molecule has 1 heterocycles. The number of ether oxygens (including phenoxy) is 1. The van der Waals surface area contributed by atoms with Crippen LogP contribution in [0.5, 0.6) is 5.75 Å². The lowest BCUT2D eigenvalue weighted by Gasteiger charge is -2.08. The molecule has 0 unspecified atom stereocenters. The van der Waals surface area contributed by atoms with Crippen molar-refractivity contribution in [3.05, 3.63) is 53.7 Å². The van der Waals surface area contributed by atoms with Crippen LogP contribution in [0.3, 0.4) is 0 Å². The molecule has 0 saturated heterocycles. The van der Waals surface area contributed by atoms with Crippen LogP contribution in [0.2, 0.25) is 0 Å². The van der Waals surface area contributed by atoms with Gasteiger partial charge in [-0.3, -0.25) is 4.79 Å². The fraction of sp³-hybridized carbons (Fsp3) is 0.167. The van der Waals surface area contributed by atoms with E-state index in [0.717, 1.165) is 38.9 Å². The Hall–Kier alpha value is -2.75. The lowest BCUT2D eigenvalue weighted by Crippen LogP contribution is -1.98. The second-order valence-electron chi connectivity index (χ2n) is 5.33. The number of methoxy groups -OCH3 is 1. The molecule has 3 aromatic rings. The normalized spacial score (nSPS) is 10.8. The molecular weight excluding hydrogens is 278 g/mol. The topological polar surface area (TPSA) is 62.3 Å². The lowest BCUT2D eigenvalue weighted by atomic mass is 10.00. The molecule has 2 N–H and O–H groups in total. The Morgan fingerprint density at radius 1 is 1.18 bits per heavy atom. The van der Waals surface area contributed by atoms with E-state index in [4.69, 9.17) is 9.84 Å². The second kappa shape index (κ2) is 5.56. The molecule has 112 valence electrons. The third-order valence-electron chi connectivity index (χ3n) is 3.84. The third kappa shape index (κ3) is 2.55. The number of nitrogens with one attached hydrogen (secondary N) is 1. The van der Waals surface area contributed by atoms with Crippen molar-refractivity contribution < 1.29 is 14.6 Å². The first-order valence-electron chi connectivity index (χ1n) is 7.05. The van der Waals surface area contributed by atoms with E-state index in [1.165, 1.54) is 0 Å². The van der Waals surface area contributed by atoms with Gasteiger partial charge >= 0.3 is 5.97 Å². The summed E-state index contributed by atoms with van der Waals surface area (Å²) in [5, 5.41) is 9.95. The number of aromatic amines is 1. The number of aliphatic carboxylic acids is 1. The van der Waals surface area contributed by atoms with E-state index in [-0.39, 0.29) is 6.42 Å². The van der Waals surface area contributed by atoms with E-state index < -0.39 is 5.97 Å². The van der Waals surface area contributed by atoms with E-state index in [1.54, 1.807) is 13.3 Å². The van der Waals surface area contributed by atoms with Gasteiger partial charge in [-0.15, -0.1) is 0 Å². The maximum atomic E-state index is 11.0. The average Bonchev–Trinajstić information content (AvgIpc) is 2.89. The fourth-order valence-corrected chi connectivity index (χ4v) is 2.73. The molecule has 0 saturated carbocycles. The molecule has 1 aromatic heterocycles. The quantitative estimate of drug-likeness (QED) is 0.770. The smallest absolute Gasteiger partial charge is 0.307 e. The molecule has 0 bridgehead atoms. The Balaban J connectivity index is 2.07. The van der Waals surface area contributed by atoms with Crippen molar-refractivity contribution in [3.63, 3.8) is 0 Å². The monoisotopic (exact) mass is 295 g/mol. The largest absolute Gasteiger partial charge is 0.496 e. The maximum absolute atomic E-state index is 11.0. The van der Waals surface area contributed by atoms with Gasteiger partial charge in [0.15, 0.2) is 0 Å². The second-order valence-corrected chi connectivity index (χ2v) is 5.33. The number of hydrogen-bond acceptors (Lipinski definition) is 2. The summed E-state index contributed by atoms with van der Waals surface area (Å²) in [5.74, 6) is 0.0321. The van der Waals surface area contributed by atoms with Crippen LogP contribution in [-0.4, -0.2) is 23.2 Å². The predicted octanol–water partition coefficient (Wildman–Crippen LogP) is 3.78. The van der Waals surface area contributed by atoms with Crippen molar-refractivity contribution in [1.82, 2.24) is 4.98 Å². The lowest BCUT2D eigenvalue weighted by molar-refractivity contribution is -0.136. The van der Waals surface area contributed by atoms with Gasteiger partial charge in [0.05, 0.1) is 13.5 Å². The molecule has 0 radical (unpaired) electrons. The highest BCUT2D eigenvalue weighted by Gasteiger charge is 2.09. The molecule has 0 fully saturated rings. The average molecular weight is 295 g/mol. The zero-order chi connectivity index (χ0) is 15.7. The van der Waals surface area contributed by atoms with E-state index in [0.29, 0.717) is 0 Å². The van der Waals surface area contributed by atoms with Gasteiger partial charge in [-0.2, -0.15) is 0 Å². The van der Waals surface area contributed by atoms with Crippen molar-refractivity contribution in [3.8, 4) is 16.9 Å². The summed E-state index contributed by atoms with van der Waals surface area (Å²) in [7, 11) is 1.66. The number of carbonyl (C=O) groups is 1. The standard InChI is InChI=1S/C18H17NO3/c1-11-7-12(4-6-17(11)22-2)13-3-5-16-15(8-13)14(10-19-16)9-18(20)21/h3-8,10,19H,9H2,1-2H3,(H,20,21). The zero-order valence-corrected chi connectivity index (χ0v) is 12.5. The highest BCUT2D eigenvalue weighted by molar-refractivity contribution is 5.90. The molecule has 0 aliphatic carbocycles. The number of aromatic nitrogens is 1. The van der Waals surface area contributed by atoms with Gasteiger partial charge in [-0.05, 0) is 53.4 Å². The van der Waals surface area contributed by atoms with Crippen LogP contribution in [-0.2, 0) is 11.2 Å². The number of benzene rings is 2. The number of carboxylic acid groups (broad SMARTS) is 1. The van der Waals surface area contributed by atoms with E-state index in [9.17, 15) is 4.79 Å². The van der Waals surface area contributed by atoms with Gasteiger partial charge in [-0.25, -0.2) is 0 Å². The minimum Gasteiger partial charge on any atom is -0.496 e. The van der Waals surface area contributed by atoms with E-state index >= 15 is 0 Å². The highest BCUT2D eigenvalue weighted by Crippen LogP contribution is 2.29. The SMILES string of the molecule is COc1ccc(-c2ccc3[nH]cc(CC(=O)O)c3c2)cc1C. The number of carboxylic acids is 1. The minimum atomic E-state index is -0.827. The van der Waals surface area contributed by atoms with Crippen LogP contribution in [0, 0.1) is 6.92 Å². The Kier molecular flexibility index (Phi) is 3.59. The first-order chi connectivity index (χ1) is 10.6.